The molecule has 22 heavy (non-hydrogen) atoms. The Morgan fingerprint density at radius 1 is 1.14 bits per heavy atom. The molecule has 0 bridgehead atoms. The minimum absolute atomic E-state index is 0.164. The molecule has 0 radical (unpaired) electrons. The maximum Gasteiger partial charge on any atom is 0.163 e. The van der Waals surface area contributed by atoms with Crippen molar-refractivity contribution in [1.82, 2.24) is 29.5 Å². The van der Waals surface area contributed by atoms with E-state index in [1.807, 2.05) is 37.4 Å². The van der Waals surface area contributed by atoms with E-state index in [2.05, 4.69) is 39.3 Å². The van der Waals surface area contributed by atoms with E-state index < -0.39 is 0 Å². The molecule has 0 spiro atoms. The highest BCUT2D eigenvalue weighted by atomic mass is 15.3. The van der Waals surface area contributed by atoms with Crippen molar-refractivity contribution in [3.8, 4) is 0 Å². The average molecular weight is 299 g/mol. The van der Waals surface area contributed by atoms with Crippen LogP contribution < -0.4 is 5.32 Å². The third kappa shape index (κ3) is 2.54. The summed E-state index contributed by atoms with van der Waals surface area (Å²) in [4.78, 5) is 9.21. The van der Waals surface area contributed by atoms with Crippen molar-refractivity contribution in [3.05, 3.63) is 30.0 Å². The van der Waals surface area contributed by atoms with Gasteiger partial charge in [-0.05, 0) is 6.42 Å². The molecule has 0 saturated heterocycles. The average Bonchev–Trinajstić information content (AvgIpc) is 3.11. The van der Waals surface area contributed by atoms with E-state index in [0.717, 1.165) is 41.1 Å². The van der Waals surface area contributed by atoms with Crippen LogP contribution in [0.25, 0.3) is 11.0 Å². The SMILES string of the molecule is CCc1nc(N[C@@H](CC)c2cnn(C)c2)c2cnn(C)c2n1. The zero-order chi connectivity index (χ0) is 15.7. The molecular weight excluding hydrogens is 278 g/mol. The third-order valence-electron chi connectivity index (χ3n) is 3.80. The number of rotatable bonds is 5. The van der Waals surface area contributed by atoms with E-state index in [9.17, 15) is 0 Å². The van der Waals surface area contributed by atoms with Crippen molar-refractivity contribution in [3.63, 3.8) is 0 Å². The first-order valence-electron chi connectivity index (χ1n) is 7.56. The second-order valence-electron chi connectivity index (χ2n) is 5.40. The summed E-state index contributed by atoms with van der Waals surface area (Å²) < 4.78 is 3.60. The molecule has 3 heterocycles. The fourth-order valence-electron chi connectivity index (χ4n) is 2.54. The lowest BCUT2D eigenvalue weighted by atomic mass is 10.1. The van der Waals surface area contributed by atoms with E-state index >= 15 is 0 Å². The summed E-state index contributed by atoms with van der Waals surface area (Å²) in [5, 5.41) is 13.0. The molecule has 0 aromatic carbocycles. The van der Waals surface area contributed by atoms with Gasteiger partial charge in [0.15, 0.2) is 5.65 Å². The quantitative estimate of drug-likeness (QED) is 0.782. The summed E-state index contributed by atoms with van der Waals surface area (Å²) in [5.74, 6) is 1.66. The summed E-state index contributed by atoms with van der Waals surface area (Å²) in [6.45, 7) is 4.20. The van der Waals surface area contributed by atoms with Gasteiger partial charge in [0.2, 0.25) is 0 Å². The minimum atomic E-state index is 0.164. The van der Waals surface area contributed by atoms with Gasteiger partial charge < -0.3 is 5.32 Å². The maximum absolute atomic E-state index is 4.65. The molecular formula is C15H21N7. The summed E-state index contributed by atoms with van der Waals surface area (Å²) in [6.07, 6.45) is 7.47. The Morgan fingerprint density at radius 3 is 2.59 bits per heavy atom. The summed E-state index contributed by atoms with van der Waals surface area (Å²) in [5.41, 5.74) is 2.01. The Balaban J connectivity index is 2.01. The van der Waals surface area contributed by atoms with E-state index in [4.69, 9.17) is 0 Å². The standard InChI is InChI=1S/C15H21N7/c1-5-12(10-7-16-21(3)9-10)18-14-11-8-17-22(4)15(11)20-13(6-2)19-14/h7-9,12H,5-6H2,1-4H3,(H,18,19,20)/t12-/m0/s1. The highest BCUT2D eigenvalue weighted by molar-refractivity contribution is 5.86. The normalized spacial score (nSPS) is 12.7. The van der Waals surface area contributed by atoms with Crippen LogP contribution in [0.2, 0.25) is 0 Å². The van der Waals surface area contributed by atoms with E-state index in [0.29, 0.717) is 0 Å². The van der Waals surface area contributed by atoms with Gasteiger partial charge in [-0.3, -0.25) is 9.36 Å². The van der Waals surface area contributed by atoms with Crippen LogP contribution in [0.5, 0.6) is 0 Å². The van der Waals surface area contributed by atoms with Crippen molar-refractivity contribution in [2.75, 3.05) is 5.32 Å². The molecule has 0 aliphatic carbocycles. The van der Waals surface area contributed by atoms with Gasteiger partial charge in [-0.1, -0.05) is 13.8 Å². The Hall–Kier alpha value is -2.44. The molecule has 0 aliphatic heterocycles. The Morgan fingerprint density at radius 2 is 1.95 bits per heavy atom. The predicted octanol–water partition coefficient (Wildman–Crippen LogP) is 2.22. The summed E-state index contributed by atoms with van der Waals surface area (Å²) in [6, 6.07) is 0.164. The first kappa shape index (κ1) is 14.5. The third-order valence-corrected chi connectivity index (χ3v) is 3.80. The zero-order valence-electron chi connectivity index (χ0n) is 13.4. The first-order chi connectivity index (χ1) is 10.6. The Kier molecular flexibility index (Phi) is 3.79. The second-order valence-corrected chi connectivity index (χ2v) is 5.40. The van der Waals surface area contributed by atoms with Gasteiger partial charge >= 0.3 is 0 Å². The van der Waals surface area contributed by atoms with Crippen LogP contribution in [-0.4, -0.2) is 29.5 Å². The van der Waals surface area contributed by atoms with Crippen LogP contribution in [0.3, 0.4) is 0 Å². The molecule has 1 atom stereocenters. The number of hydrogen-bond acceptors (Lipinski definition) is 5. The van der Waals surface area contributed by atoms with Crippen LogP contribution in [0, 0.1) is 0 Å². The fourth-order valence-corrected chi connectivity index (χ4v) is 2.54. The largest absolute Gasteiger partial charge is 0.362 e. The van der Waals surface area contributed by atoms with Gasteiger partial charge in [0, 0.05) is 32.3 Å². The molecule has 3 aromatic heterocycles. The molecule has 1 N–H and O–H groups in total. The van der Waals surface area contributed by atoms with Crippen molar-refractivity contribution in [2.45, 2.75) is 32.7 Å². The molecule has 7 heteroatoms. The van der Waals surface area contributed by atoms with E-state index in [-0.39, 0.29) is 6.04 Å². The number of aromatic nitrogens is 6. The number of anilines is 1. The topological polar surface area (TPSA) is 73.5 Å². The number of nitrogens with one attached hydrogen (secondary N) is 1. The molecule has 116 valence electrons. The monoisotopic (exact) mass is 299 g/mol. The zero-order valence-corrected chi connectivity index (χ0v) is 13.4. The Labute approximate surface area is 129 Å². The lowest BCUT2D eigenvalue weighted by Gasteiger charge is -2.17. The molecule has 0 fully saturated rings. The van der Waals surface area contributed by atoms with E-state index in [1.165, 1.54) is 0 Å². The summed E-state index contributed by atoms with van der Waals surface area (Å²) >= 11 is 0. The second kappa shape index (κ2) is 5.75. The predicted molar refractivity (Wildman–Crippen MR) is 85.5 cm³/mol. The molecule has 0 aliphatic rings. The number of aryl methyl sites for hydroxylation is 3. The van der Waals surface area contributed by atoms with E-state index in [1.54, 1.807) is 4.68 Å². The van der Waals surface area contributed by atoms with Gasteiger partial charge in [0.05, 0.1) is 23.8 Å². The number of hydrogen-bond donors (Lipinski definition) is 1. The smallest absolute Gasteiger partial charge is 0.163 e. The summed E-state index contributed by atoms with van der Waals surface area (Å²) in [7, 11) is 3.83. The van der Waals surface area contributed by atoms with Crippen LogP contribution >= 0.6 is 0 Å². The van der Waals surface area contributed by atoms with Gasteiger partial charge in [-0.15, -0.1) is 0 Å². The van der Waals surface area contributed by atoms with Crippen molar-refractivity contribution < 1.29 is 0 Å². The van der Waals surface area contributed by atoms with Gasteiger partial charge in [0.25, 0.3) is 0 Å². The highest BCUT2D eigenvalue weighted by Gasteiger charge is 2.16. The molecule has 0 saturated carbocycles. The molecule has 0 amide bonds. The van der Waals surface area contributed by atoms with Crippen LogP contribution in [0.15, 0.2) is 18.6 Å². The van der Waals surface area contributed by atoms with Crippen LogP contribution in [0.4, 0.5) is 5.82 Å². The van der Waals surface area contributed by atoms with Gasteiger partial charge in [-0.2, -0.15) is 10.2 Å². The maximum atomic E-state index is 4.65. The van der Waals surface area contributed by atoms with Crippen molar-refractivity contribution >= 4 is 16.9 Å². The molecule has 3 rings (SSSR count). The van der Waals surface area contributed by atoms with Gasteiger partial charge in [-0.25, -0.2) is 9.97 Å². The minimum Gasteiger partial charge on any atom is -0.362 e. The number of nitrogens with zero attached hydrogens (tertiary/aromatic N) is 6. The fraction of sp³-hybridized carbons (Fsp3) is 0.467. The van der Waals surface area contributed by atoms with Crippen molar-refractivity contribution in [2.24, 2.45) is 14.1 Å². The lowest BCUT2D eigenvalue weighted by Crippen LogP contribution is -2.12. The lowest BCUT2D eigenvalue weighted by molar-refractivity contribution is 0.735. The van der Waals surface area contributed by atoms with Crippen LogP contribution in [0.1, 0.15) is 37.7 Å². The molecule has 3 aromatic rings. The highest BCUT2D eigenvalue weighted by Crippen LogP contribution is 2.26. The Bertz CT molecular complexity index is 786. The number of fused-ring (bicyclic) bond motifs is 1. The van der Waals surface area contributed by atoms with Crippen LogP contribution in [-0.2, 0) is 20.5 Å². The first-order valence-corrected chi connectivity index (χ1v) is 7.56. The molecule has 7 nitrogen and oxygen atoms in total. The molecule has 0 unspecified atom stereocenters. The van der Waals surface area contributed by atoms with Crippen molar-refractivity contribution in [1.29, 1.82) is 0 Å². The van der Waals surface area contributed by atoms with Gasteiger partial charge in [0.1, 0.15) is 11.6 Å².